The largest absolute Gasteiger partial charge is 0.481 e. The molecule has 0 aliphatic carbocycles. The molecule has 0 rings (SSSR count). The second-order valence-electron chi connectivity index (χ2n) is 4.79. The predicted molar refractivity (Wildman–Crippen MR) is 57.6 cm³/mol. The number of carboxylic acids is 1. The van der Waals surface area contributed by atoms with Gasteiger partial charge in [0.2, 0.25) is 5.79 Å². The van der Waals surface area contributed by atoms with Crippen LogP contribution in [0.5, 0.6) is 0 Å². The number of aliphatic hydroxyl groups is 1. The minimum absolute atomic E-state index is 0.191. The van der Waals surface area contributed by atoms with Crippen molar-refractivity contribution in [1.82, 2.24) is 0 Å². The molecule has 0 aliphatic heterocycles. The molecule has 0 amide bonds. The van der Waals surface area contributed by atoms with Gasteiger partial charge in [0.05, 0.1) is 12.3 Å². The zero-order valence-corrected chi connectivity index (χ0v) is 10.2. The highest BCUT2D eigenvalue weighted by atomic mass is 16.7. The molecule has 0 saturated carbocycles. The summed E-state index contributed by atoms with van der Waals surface area (Å²) < 4.78 is 4.65. The van der Waals surface area contributed by atoms with Crippen LogP contribution in [0.2, 0.25) is 0 Å². The maximum atomic E-state index is 11.3. The Labute approximate surface area is 95.4 Å². The van der Waals surface area contributed by atoms with Gasteiger partial charge in [-0.1, -0.05) is 13.8 Å². The molecule has 1 atom stereocenters. The van der Waals surface area contributed by atoms with E-state index in [0.717, 1.165) is 0 Å². The molecule has 0 aromatic carbocycles. The average molecular weight is 232 g/mol. The highest BCUT2D eigenvalue weighted by Gasteiger charge is 2.26. The van der Waals surface area contributed by atoms with Crippen LogP contribution in [0.3, 0.4) is 0 Å². The van der Waals surface area contributed by atoms with Gasteiger partial charge in [-0.25, -0.2) is 0 Å². The van der Waals surface area contributed by atoms with E-state index in [1.807, 2.05) is 13.8 Å². The van der Waals surface area contributed by atoms with Gasteiger partial charge in [-0.2, -0.15) is 0 Å². The van der Waals surface area contributed by atoms with E-state index in [2.05, 4.69) is 4.74 Å². The van der Waals surface area contributed by atoms with Crippen LogP contribution < -0.4 is 0 Å². The normalized spacial score (nSPS) is 13.6. The zero-order valence-electron chi connectivity index (χ0n) is 10.2. The molecule has 0 aromatic heterocycles. The van der Waals surface area contributed by atoms with E-state index in [9.17, 15) is 14.7 Å². The molecule has 0 aromatic rings. The standard InChI is InChI=1S/C11H20O5/c1-7(2)5-8(10(13)14)6-9(12)16-11(3,4)15/h7-8,15H,5-6H2,1-4H3,(H,13,14). The molecule has 0 radical (unpaired) electrons. The molecular formula is C11H20O5. The summed E-state index contributed by atoms with van der Waals surface area (Å²) in [6.07, 6.45) is 0.202. The Bertz CT molecular complexity index is 252. The van der Waals surface area contributed by atoms with E-state index < -0.39 is 23.6 Å². The van der Waals surface area contributed by atoms with Crippen molar-refractivity contribution >= 4 is 11.9 Å². The van der Waals surface area contributed by atoms with Crippen LogP contribution in [0, 0.1) is 11.8 Å². The molecule has 0 heterocycles. The van der Waals surface area contributed by atoms with Crippen molar-refractivity contribution < 1.29 is 24.5 Å². The topological polar surface area (TPSA) is 83.8 Å². The monoisotopic (exact) mass is 232 g/mol. The summed E-state index contributed by atoms with van der Waals surface area (Å²) >= 11 is 0. The van der Waals surface area contributed by atoms with Crippen LogP contribution in [0.4, 0.5) is 0 Å². The number of carbonyl (C=O) groups is 2. The number of carbonyl (C=O) groups excluding carboxylic acids is 1. The molecular weight excluding hydrogens is 212 g/mol. The highest BCUT2D eigenvalue weighted by molar-refractivity contribution is 5.78. The van der Waals surface area contributed by atoms with Gasteiger partial charge in [0.15, 0.2) is 0 Å². The van der Waals surface area contributed by atoms with Crippen LogP contribution >= 0.6 is 0 Å². The first-order valence-corrected chi connectivity index (χ1v) is 5.29. The van der Waals surface area contributed by atoms with Gasteiger partial charge in [-0.05, 0) is 12.3 Å². The summed E-state index contributed by atoms with van der Waals surface area (Å²) in [4.78, 5) is 22.2. The summed E-state index contributed by atoms with van der Waals surface area (Å²) in [6, 6.07) is 0. The fourth-order valence-electron chi connectivity index (χ4n) is 1.36. The lowest BCUT2D eigenvalue weighted by molar-refractivity contribution is -0.196. The molecule has 5 heteroatoms. The Balaban J connectivity index is 4.30. The van der Waals surface area contributed by atoms with Crippen molar-refractivity contribution in [3.05, 3.63) is 0 Å². The first-order chi connectivity index (χ1) is 7.11. The summed E-state index contributed by atoms with van der Waals surface area (Å²) in [6.45, 7) is 6.42. The Morgan fingerprint density at radius 1 is 1.31 bits per heavy atom. The van der Waals surface area contributed by atoms with Gasteiger partial charge in [0.25, 0.3) is 0 Å². The fourth-order valence-corrected chi connectivity index (χ4v) is 1.36. The number of hydrogen-bond acceptors (Lipinski definition) is 4. The first-order valence-electron chi connectivity index (χ1n) is 5.29. The predicted octanol–water partition coefficient (Wildman–Crippen LogP) is 1.40. The van der Waals surface area contributed by atoms with Crippen molar-refractivity contribution in [3.63, 3.8) is 0 Å². The van der Waals surface area contributed by atoms with Gasteiger partial charge < -0.3 is 14.9 Å². The summed E-state index contributed by atoms with van der Waals surface area (Å²) in [7, 11) is 0. The third kappa shape index (κ3) is 7.23. The van der Waals surface area contributed by atoms with Gasteiger partial charge in [-0.3, -0.25) is 9.59 Å². The number of carboxylic acid groups (broad SMARTS) is 1. The van der Waals surface area contributed by atoms with Gasteiger partial charge in [0.1, 0.15) is 0 Å². The number of ether oxygens (including phenoxy) is 1. The smallest absolute Gasteiger partial charge is 0.309 e. The van der Waals surface area contributed by atoms with Gasteiger partial charge >= 0.3 is 11.9 Å². The van der Waals surface area contributed by atoms with Crippen molar-refractivity contribution in [1.29, 1.82) is 0 Å². The second-order valence-corrected chi connectivity index (χ2v) is 4.79. The Hall–Kier alpha value is -1.10. The SMILES string of the molecule is CC(C)CC(CC(=O)OC(C)(C)O)C(=O)O. The molecule has 0 bridgehead atoms. The number of rotatable bonds is 6. The van der Waals surface area contributed by atoms with Crippen LogP contribution in [-0.4, -0.2) is 27.9 Å². The molecule has 5 nitrogen and oxygen atoms in total. The Kier molecular flexibility index (Phi) is 5.44. The van der Waals surface area contributed by atoms with Crippen LogP contribution in [-0.2, 0) is 14.3 Å². The van der Waals surface area contributed by atoms with Crippen molar-refractivity contribution in [2.45, 2.75) is 46.3 Å². The first kappa shape index (κ1) is 14.9. The van der Waals surface area contributed by atoms with Gasteiger partial charge in [-0.15, -0.1) is 0 Å². The number of aliphatic carboxylic acids is 1. The molecule has 0 fully saturated rings. The summed E-state index contributed by atoms with van der Waals surface area (Å²) in [5, 5.41) is 18.1. The fraction of sp³-hybridized carbons (Fsp3) is 0.818. The highest BCUT2D eigenvalue weighted by Crippen LogP contribution is 2.18. The van der Waals surface area contributed by atoms with E-state index in [1.54, 1.807) is 0 Å². The summed E-state index contributed by atoms with van der Waals surface area (Å²) in [5.41, 5.74) is 0. The zero-order chi connectivity index (χ0) is 12.9. The summed E-state index contributed by atoms with van der Waals surface area (Å²) in [5.74, 6) is -3.83. The van der Waals surface area contributed by atoms with E-state index in [0.29, 0.717) is 6.42 Å². The number of hydrogen-bond donors (Lipinski definition) is 2. The molecule has 16 heavy (non-hydrogen) atoms. The lowest BCUT2D eigenvalue weighted by atomic mass is 9.94. The average Bonchev–Trinajstić information content (AvgIpc) is 1.97. The third-order valence-electron chi connectivity index (χ3n) is 1.88. The van der Waals surface area contributed by atoms with Crippen LogP contribution in [0.15, 0.2) is 0 Å². The molecule has 0 spiro atoms. The maximum absolute atomic E-state index is 11.3. The van der Waals surface area contributed by atoms with E-state index in [-0.39, 0.29) is 12.3 Å². The van der Waals surface area contributed by atoms with Crippen molar-refractivity contribution in [3.8, 4) is 0 Å². The minimum Gasteiger partial charge on any atom is -0.481 e. The van der Waals surface area contributed by atoms with E-state index >= 15 is 0 Å². The lowest BCUT2D eigenvalue weighted by Gasteiger charge is -2.20. The van der Waals surface area contributed by atoms with Crippen molar-refractivity contribution in [2.24, 2.45) is 11.8 Å². The maximum Gasteiger partial charge on any atom is 0.309 e. The van der Waals surface area contributed by atoms with E-state index in [4.69, 9.17) is 5.11 Å². The van der Waals surface area contributed by atoms with E-state index in [1.165, 1.54) is 13.8 Å². The Morgan fingerprint density at radius 2 is 1.81 bits per heavy atom. The Morgan fingerprint density at radius 3 is 2.12 bits per heavy atom. The third-order valence-corrected chi connectivity index (χ3v) is 1.88. The van der Waals surface area contributed by atoms with Crippen molar-refractivity contribution in [2.75, 3.05) is 0 Å². The molecule has 2 N–H and O–H groups in total. The molecule has 1 unspecified atom stereocenters. The number of esters is 1. The van der Waals surface area contributed by atoms with Crippen LogP contribution in [0.1, 0.15) is 40.5 Å². The quantitative estimate of drug-likeness (QED) is 0.534. The molecule has 94 valence electrons. The lowest BCUT2D eigenvalue weighted by Crippen LogP contribution is -2.30. The second kappa shape index (κ2) is 5.84. The minimum atomic E-state index is -1.56. The van der Waals surface area contributed by atoms with Gasteiger partial charge in [0, 0.05) is 13.8 Å². The molecule has 0 aliphatic rings. The van der Waals surface area contributed by atoms with Crippen LogP contribution in [0.25, 0.3) is 0 Å². The molecule has 0 saturated heterocycles.